The van der Waals surface area contributed by atoms with E-state index < -0.39 is 11.7 Å². The lowest BCUT2D eigenvalue weighted by molar-refractivity contribution is -0.125. The van der Waals surface area contributed by atoms with Gasteiger partial charge in [-0.3, -0.25) is 14.8 Å². The van der Waals surface area contributed by atoms with Crippen LogP contribution in [0.5, 0.6) is 0 Å². The van der Waals surface area contributed by atoms with E-state index in [9.17, 15) is 14.0 Å². The molecule has 2 N–H and O–H groups in total. The Hall–Kier alpha value is -3.78. The number of aromatic nitrogens is 1. The van der Waals surface area contributed by atoms with Gasteiger partial charge in [-0.15, -0.1) is 0 Å². The van der Waals surface area contributed by atoms with Crippen molar-refractivity contribution in [2.24, 2.45) is 0 Å². The lowest BCUT2D eigenvalue weighted by atomic mass is 9.99. The first-order valence-electron chi connectivity index (χ1n) is 9.30. The third-order valence-corrected chi connectivity index (χ3v) is 4.93. The first-order chi connectivity index (χ1) is 14.6. The minimum absolute atomic E-state index is 0.0552. The zero-order valence-electron chi connectivity index (χ0n) is 15.8. The van der Waals surface area contributed by atoms with Crippen molar-refractivity contribution in [3.63, 3.8) is 0 Å². The molecular weight excluding hydrogens is 389 g/mol. The van der Waals surface area contributed by atoms with Crippen molar-refractivity contribution in [1.82, 2.24) is 15.5 Å². The summed E-state index contributed by atoms with van der Waals surface area (Å²) in [7, 11) is 0. The molecule has 30 heavy (non-hydrogen) atoms. The number of nitrogens with zero attached hydrogens (tertiary/aromatic N) is 2. The van der Waals surface area contributed by atoms with Gasteiger partial charge in [-0.05, 0) is 29.3 Å². The second-order valence-electron chi connectivity index (χ2n) is 6.83. The Morgan fingerprint density at radius 1 is 1.13 bits per heavy atom. The molecule has 0 unspecified atom stereocenters. The van der Waals surface area contributed by atoms with E-state index in [1.54, 1.807) is 23.1 Å². The molecule has 0 radical (unpaired) electrons. The number of hydrogen-bond acceptors (Lipinski definition) is 5. The molecule has 0 saturated carbocycles. The molecule has 4 rings (SSSR count). The summed E-state index contributed by atoms with van der Waals surface area (Å²) in [6.45, 7) is 0.474. The fourth-order valence-corrected chi connectivity index (χ4v) is 3.40. The van der Waals surface area contributed by atoms with Crippen LogP contribution in [0.1, 0.15) is 32.9 Å². The summed E-state index contributed by atoms with van der Waals surface area (Å²) in [6.07, 6.45) is 2.13. The second kappa shape index (κ2) is 8.30. The van der Waals surface area contributed by atoms with Crippen molar-refractivity contribution in [1.29, 1.82) is 0 Å². The monoisotopic (exact) mass is 407 g/mol. The lowest BCUT2D eigenvalue weighted by Crippen LogP contribution is -2.37. The summed E-state index contributed by atoms with van der Waals surface area (Å²) < 4.78 is 18.6. The van der Waals surface area contributed by atoms with E-state index in [1.165, 1.54) is 17.6 Å². The molecule has 0 saturated heterocycles. The highest BCUT2D eigenvalue weighted by Crippen LogP contribution is 2.27. The van der Waals surface area contributed by atoms with Crippen molar-refractivity contribution in [2.45, 2.75) is 13.0 Å². The fraction of sp³-hybridized carbons (Fsp3) is 0.136. The zero-order valence-corrected chi connectivity index (χ0v) is 15.8. The molecule has 0 aliphatic carbocycles. The van der Waals surface area contributed by atoms with Crippen LogP contribution in [0.2, 0.25) is 0 Å². The summed E-state index contributed by atoms with van der Waals surface area (Å²) in [5.41, 5.74) is 3.74. The Morgan fingerprint density at radius 2 is 1.87 bits per heavy atom. The van der Waals surface area contributed by atoms with Crippen LogP contribution in [0, 0.1) is 5.82 Å². The Kier molecular flexibility index (Phi) is 5.40. The van der Waals surface area contributed by atoms with E-state index in [0.717, 1.165) is 5.56 Å². The first kappa shape index (κ1) is 19.5. The van der Waals surface area contributed by atoms with E-state index in [2.05, 4.69) is 5.16 Å². The van der Waals surface area contributed by atoms with Crippen LogP contribution in [-0.4, -0.2) is 33.6 Å². The van der Waals surface area contributed by atoms with Gasteiger partial charge in [-0.25, -0.2) is 9.87 Å². The van der Waals surface area contributed by atoms with Crippen LogP contribution < -0.4 is 5.48 Å². The number of hydrogen-bond donors (Lipinski definition) is 2. The van der Waals surface area contributed by atoms with Gasteiger partial charge in [0.2, 0.25) is 0 Å². The average Bonchev–Trinajstić information content (AvgIpc) is 3.21. The van der Waals surface area contributed by atoms with E-state index in [1.807, 2.05) is 30.3 Å². The lowest BCUT2D eigenvalue weighted by Gasteiger charge is -2.27. The first-order valence-corrected chi connectivity index (χ1v) is 9.30. The maximum atomic E-state index is 13.4. The normalized spacial score (nSPS) is 13.7. The van der Waals surface area contributed by atoms with Crippen molar-refractivity contribution >= 4 is 23.5 Å². The molecule has 2 aromatic carbocycles. The topological polar surface area (TPSA) is 95.7 Å². The van der Waals surface area contributed by atoms with Crippen LogP contribution in [0.3, 0.4) is 0 Å². The van der Waals surface area contributed by atoms with Gasteiger partial charge in [-0.2, -0.15) is 0 Å². The Labute approximate surface area is 171 Å². The quantitative estimate of drug-likeness (QED) is 0.300. The zero-order chi connectivity index (χ0) is 21.1. The predicted octanol–water partition coefficient (Wildman–Crippen LogP) is 3.06. The molecular formula is C22H18FN3O4. The molecule has 2 amide bonds. The van der Waals surface area contributed by atoms with Gasteiger partial charge in [0.1, 0.15) is 11.6 Å². The van der Waals surface area contributed by atoms with Crippen LogP contribution in [0.15, 0.2) is 59.1 Å². The van der Waals surface area contributed by atoms with Gasteiger partial charge in [0.15, 0.2) is 5.69 Å². The van der Waals surface area contributed by atoms with E-state index in [0.29, 0.717) is 35.4 Å². The summed E-state index contributed by atoms with van der Waals surface area (Å²) >= 11 is 0. The molecule has 0 fully saturated rings. The molecule has 3 aromatic rings. The third-order valence-electron chi connectivity index (χ3n) is 4.93. The van der Waals surface area contributed by atoms with Crippen molar-refractivity contribution in [3.8, 4) is 0 Å². The standard InChI is InChI=1S/C22H18FN3O4/c23-16-8-6-15(7-9-16)17(12-14-4-2-1-3-5-14)22(28)26-11-10-19-18(13-26)20(25-30-19)21(27)24-29/h1-9,12,29H,10-11,13H2,(H,24,27)/b17-12-. The molecule has 2 heterocycles. The fourth-order valence-electron chi connectivity index (χ4n) is 3.40. The van der Waals surface area contributed by atoms with Gasteiger partial charge in [0.05, 0.1) is 6.54 Å². The van der Waals surface area contributed by atoms with Gasteiger partial charge in [-0.1, -0.05) is 47.6 Å². The number of carbonyl (C=O) groups is 2. The van der Waals surface area contributed by atoms with Gasteiger partial charge in [0.25, 0.3) is 11.8 Å². The number of amides is 2. The number of halogens is 1. The van der Waals surface area contributed by atoms with Crippen LogP contribution in [0.25, 0.3) is 11.6 Å². The van der Waals surface area contributed by atoms with E-state index in [4.69, 9.17) is 9.73 Å². The molecule has 0 bridgehead atoms. The molecule has 7 nitrogen and oxygen atoms in total. The average molecular weight is 407 g/mol. The summed E-state index contributed by atoms with van der Waals surface area (Å²) in [6, 6.07) is 15.1. The SMILES string of the molecule is O=C(NO)c1noc2c1CN(C(=O)/C(=C\c1ccccc1)c1ccc(F)cc1)CC2. The van der Waals surface area contributed by atoms with Gasteiger partial charge < -0.3 is 9.42 Å². The van der Waals surface area contributed by atoms with E-state index >= 15 is 0 Å². The summed E-state index contributed by atoms with van der Waals surface area (Å²) in [4.78, 5) is 26.8. The highest BCUT2D eigenvalue weighted by molar-refractivity contribution is 6.24. The summed E-state index contributed by atoms with van der Waals surface area (Å²) in [5.74, 6) is -0.953. The maximum Gasteiger partial charge on any atom is 0.297 e. The van der Waals surface area contributed by atoms with Crippen LogP contribution in [0.4, 0.5) is 4.39 Å². The highest BCUT2D eigenvalue weighted by Gasteiger charge is 2.31. The highest BCUT2D eigenvalue weighted by atomic mass is 19.1. The number of fused-ring (bicyclic) bond motifs is 1. The van der Waals surface area contributed by atoms with E-state index in [-0.39, 0.29) is 18.1 Å². The number of hydroxylamine groups is 1. The van der Waals surface area contributed by atoms with Gasteiger partial charge >= 0.3 is 0 Å². The van der Waals surface area contributed by atoms with Gasteiger partial charge in [0, 0.05) is 24.1 Å². The summed E-state index contributed by atoms with van der Waals surface area (Å²) in [5, 5.41) is 12.6. The number of benzene rings is 2. The predicted molar refractivity (Wildman–Crippen MR) is 106 cm³/mol. The smallest absolute Gasteiger partial charge is 0.297 e. The van der Waals surface area contributed by atoms with Crippen LogP contribution in [-0.2, 0) is 17.8 Å². The second-order valence-corrected chi connectivity index (χ2v) is 6.83. The Bertz CT molecular complexity index is 1110. The minimum Gasteiger partial charge on any atom is -0.360 e. The number of carbonyl (C=O) groups excluding carboxylic acids is 2. The third kappa shape index (κ3) is 3.85. The molecule has 152 valence electrons. The maximum absolute atomic E-state index is 13.4. The minimum atomic E-state index is -0.798. The Morgan fingerprint density at radius 3 is 2.57 bits per heavy atom. The molecule has 8 heteroatoms. The number of nitrogens with one attached hydrogen (secondary N) is 1. The Balaban J connectivity index is 1.69. The van der Waals surface area contributed by atoms with Crippen molar-refractivity contribution < 1.29 is 23.7 Å². The van der Waals surface area contributed by atoms with Crippen molar-refractivity contribution in [2.75, 3.05) is 6.54 Å². The molecule has 1 aliphatic rings. The van der Waals surface area contributed by atoms with Crippen LogP contribution >= 0.6 is 0 Å². The van der Waals surface area contributed by atoms with Crippen molar-refractivity contribution in [3.05, 3.63) is 88.6 Å². The molecule has 0 atom stereocenters. The molecule has 1 aliphatic heterocycles. The molecule has 1 aromatic heterocycles. The number of rotatable bonds is 4. The largest absolute Gasteiger partial charge is 0.360 e. The molecule has 0 spiro atoms.